The van der Waals surface area contributed by atoms with Crippen molar-refractivity contribution in [1.82, 2.24) is 4.90 Å². The number of hydrogen-bond acceptors (Lipinski definition) is 5. The molecule has 2 aromatic carbocycles. The van der Waals surface area contributed by atoms with E-state index in [1.165, 1.54) is 14.0 Å². The summed E-state index contributed by atoms with van der Waals surface area (Å²) in [4.78, 5) is 38.7. The summed E-state index contributed by atoms with van der Waals surface area (Å²) in [5, 5.41) is 3.23. The number of esters is 1. The van der Waals surface area contributed by atoms with E-state index < -0.39 is 18.0 Å². The van der Waals surface area contributed by atoms with Crippen LogP contribution in [-0.4, -0.2) is 42.4 Å². The first kappa shape index (κ1) is 22.6. The van der Waals surface area contributed by atoms with Crippen LogP contribution < -0.4 is 10.1 Å². The Morgan fingerprint density at radius 1 is 1.26 bits per heavy atom. The van der Waals surface area contributed by atoms with E-state index in [0.717, 1.165) is 24.1 Å². The van der Waals surface area contributed by atoms with Gasteiger partial charge in [0.15, 0.2) is 6.10 Å². The number of hydrogen-bond donors (Lipinski definition) is 1. The zero-order valence-corrected chi connectivity index (χ0v) is 18.5. The second-order valence-electron chi connectivity index (χ2n) is 7.46. The van der Waals surface area contributed by atoms with Gasteiger partial charge in [0.05, 0.1) is 18.4 Å². The molecule has 0 bridgehead atoms. The van der Waals surface area contributed by atoms with Crippen molar-refractivity contribution < 1.29 is 23.9 Å². The molecule has 1 heterocycles. The molecule has 0 saturated carbocycles. The normalized spacial score (nSPS) is 14.3. The van der Waals surface area contributed by atoms with Crippen LogP contribution in [0.4, 0.5) is 5.69 Å². The molecule has 2 aromatic rings. The molecule has 1 aliphatic rings. The van der Waals surface area contributed by atoms with Crippen molar-refractivity contribution in [2.45, 2.75) is 39.3 Å². The van der Waals surface area contributed by atoms with E-state index in [1.54, 1.807) is 35.2 Å². The number of amides is 2. The number of halogens is 1. The number of methoxy groups -OCH3 is 1. The number of rotatable bonds is 7. The first-order valence-corrected chi connectivity index (χ1v) is 10.4. The summed E-state index contributed by atoms with van der Waals surface area (Å²) in [5.41, 5.74) is 2.37. The smallest absolute Gasteiger partial charge is 0.338 e. The van der Waals surface area contributed by atoms with Gasteiger partial charge in [-0.3, -0.25) is 9.59 Å². The largest absolute Gasteiger partial charge is 0.495 e. The van der Waals surface area contributed by atoms with Gasteiger partial charge in [0.2, 0.25) is 5.91 Å². The lowest BCUT2D eigenvalue weighted by molar-refractivity contribution is -0.128. The Hall–Kier alpha value is -3.06. The number of anilines is 1. The molecule has 31 heavy (non-hydrogen) atoms. The predicted molar refractivity (Wildman–Crippen MR) is 117 cm³/mol. The molecule has 8 heteroatoms. The Morgan fingerprint density at radius 3 is 2.71 bits per heavy atom. The van der Waals surface area contributed by atoms with Crippen molar-refractivity contribution in [3.05, 3.63) is 58.1 Å². The Kier molecular flexibility index (Phi) is 7.17. The minimum Gasteiger partial charge on any atom is -0.495 e. The van der Waals surface area contributed by atoms with Crippen LogP contribution in [0.3, 0.4) is 0 Å². The summed E-state index contributed by atoms with van der Waals surface area (Å²) >= 11 is 6.09. The van der Waals surface area contributed by atoms with Gasteiger partial charge < -0.3 is 19.7 Å². The van der Waals surface area contributed by atoms with Crippen molar-refractivity contribution in [3.8, 4) is 5.75 Å². The Balaban J connectivity index is 1.64. The van der Waals surface area contributed by atoms with Gasteiger partial charge in [0.1, 0.15) is 5.75 Å². The van der Waals surface area contributed by atoms with Crippen molar-refractivity contribution >= 4 is 35.1 Å². The molecule has 1 atom stereocenters. The molecular weight excluding hydrogens is 420 g/mol. The first-order valence-electron chi connectivity index (χ1n) is 10.0. The standard InChI is InChI=1S/C23H25ClN2O5/c1-14-10-19(20(30-3)12-18(14)24)25-22(28)15(2)31-23(29)17-7-4-6-16(11-17)13-26-9-5-8-21(26)27/h4,6-7,10-12,15H,5,8-9,13H2,1-3H3,(H,25,28). The molecule has 1 aliphatic heterocycles. The maximum atomic E-state index is 12.6. The Morgan fingerprint density at radius 2 is 2.03 bits per heavy atom. The molecular formula is C23H25ClN2O5. The monoisotopic (exact) mass is 444 g/mol. The van der Waals surface area contributed by atoms with Gasteiger partial charge in [-0.1, -0.05) is 23.7 Å². The summed E-state index contributed by atoms with van der Waals surface area (Å²) < 4.78 is 10.6. The molecule has 2 amide bonds. The lowest BCUT2D eigenvalue weighted by atomic mass is 10.1. The van der Waals surface area contributed by atoms with E-state index >= 15 is 0 Å². The highest BCUT2D eigenvalue weighted by Crippen LogP contribution is 2.31. The number of nitrogens with one attached hydrogen (secondary N) is 1. The van der Waals surface area contributed by atoms with Crippen LogP contribution in [0.5, 0.6) is 5.75 Å². The van der Waals surface area contributed by atoms with Crippen LogP contribution in [0.15, 0.2) is 36.4 Å². The Bertz CT molecular complexity index is 1010. The van der Waals surface area contributed by atoms with Crippen LogP contribution in [0.1, 0.15) is 41.3 Å². The molecule has 0 radical (unpaired) electrons. The van der Waals surface area contributed by atoms with E-state index in [9.17, 15) is 14.4 Å². The van der Waals surface area contributed by atoms with Crippen LogP contribution >= 0.6 is 11.6 Å². The number of ether oxygens (including phenoxy) is 2. The molecule has 1 fully saturated rings. The fraction of sp³-hybridized carbons (Fsp3) is 0.348. The number of carbonyl (C=O) groups is 3. The van der Waals surface area contributed by atoms with Gasteiger partial charge in [-0.15, -0.1) is 0 Å². The highest BCUT2D eigenvalue weighted by molar-refractivity contribution is 6.31. The van der Waals surface area contributed by atoms with Gasteiger partial charge >= 0.3 is 5.97 Å². The van der Waals surface area contributed by atoms with Crippen LogP contribution in [0, 0.1) is 6.92 Å². The van der Waals surface area contributed by atoms with Gasteiger partial charge in [-0.25, -0.2) is 4.79 Å². The molecule has 1 N–H and O–H groups in total. The number of aryl methyl sites for hydroxylation is 1. The second kappa shape index (κ2) is 9.83. The highest BCUT2D eigenvalue weighted by Gasteiger charge is 2.22. The van der Waals surface area contributed by atoms with E-state index in [2.05, 4.69) is 5.32 Å². The fourth-order valence-electron chi connectivity index (χ4n) is 3.33. The minimum atomic E-state index is -1.03. The fourth-order valence-corrected chi connectivity index (χ4v) is 3.49. The first-order chi connectivity index (χ1) is 14.8. The third-order valence-corrected chi connectivity index (χ3v) is 5.51. The van der Waals surface area contributed by atoms with Crippen LogP contribution in [0.2, 0.25) is 5.02 Å². The molecule has 1 saturated heterocycles. The molecule has 0 aromatic heterocycles. The van der Waals surface area contributed by atoms with Gasteiger partial charge in [-0.2, -0.15) is 0 Å². The zero-order valence-electron chi connectivity index (χ0n) is 17.7. The quantitative estimate of drug-likeness (QED) is 0.653. The lowest BCUT2D eigenvalue weighted by Crippen LogP contribution is -2.30. The Labute approximate surface area is 186 Å². The SMILES string of the molecule is COc1cc(Cl)c(C)cc1NC(=O)C(C)OC(=O)c1cccc(CN2CCCC2=O)c1. The summed E-state index contributed by atoms with van der Waals surface area (Å²) in [6, 6.07) is 10.2. The molecule has 0 spiro atoms. The third kappa shape index (κ3) is 5.55. The molecule has 7 nitrogen and oxygen atoms in total. The molecule has 164 valence electrons. The lowest BCUT2D eigenvalue weighted by Gasteiger charge is -2.17. The number of nitrogens with zero attached hydrogens (tertiary/aromatic N) is 1. The highest BCUT2D eigenvalue weighted by atomic mass is 35.5. The summed E-state index contributed by atoms with van der Waals surface area (Å²) in [6.07, 6.45) is 0.384. The van der Waals surface area contributed by atoms with E-state index in [1.807, 2.05) is 13.0 Å². The van der Waals surface area contributed by atoms with Crippen LogP contribution in [-0.2, 0) is 20.9 Å². The number of likely N-dealkylation sites (tertiary alicyclic amines) is 1. The van der Waals surface area contributed by atoms with Gasteiger partial charge in [0, 0.05) is 30.6 Å². The van der Waals surface area contributed by atoms with E-state index in [0.29, 0.717) is 35.0 Å². The van der Waals surface area contributed by atoms with Crippen molar-refractivity contribution in [2.24, 2.45) is 0 Å². The summed E-state index contributed by atoms with van der Waals surface area (Å²) in [6.45, 7) is 4.48. The van der Waals surface area contributed by atoms with E-state index in [-0.39, 0.29) is 5.91 Å². The zero-order chi connectivity index (χ0) is 22.5. The van der Waals surface area contributed by atoms with Crippen molar-refractivity contribution in [3.63, 3.8) is 0 Å². The minimum absolute atomic E-state index is 0.117. The molecule has 3 rings (SSSR count). The van der Waals surface area contributed by atoms with Gasteiger partial charge in [-0.05, 0) is 49.6 Å². The molecule has 0 aliphatic carbocycles. The average molecular weight is 445 g/mol. The maximum absolute atomic E-state index is 12.6. The third-order valence-electron chi connectivity index (χ3n) is 5.10. The predicted octanol–water partition coefficient (Wildman–Crippen LogP) is 3.96. The van der Waals surface area contributed by atoms with Crippen LogP contribution in [0.25, 0.3) is 0 Å². The molecule has 1 unspecified atom stereocenters. The summed E-state index contributed by atoms with van der Waals surface area (Å²) in [7, 11) is 1.48. The number of carbonyl (C=O) groups excluding carboxylic acids is 3. The second-order valence-corrected chi connectivity index (χ2v) is 7.86. The topological polar surface area (TPSA) is 84.9 Å². The van der Waals surface area contributed by atoms with Crippen molar-refractivity contribution in [2.75, 3.05) is 19.0 Å². The summed E-state index contributed by atoms with van der Waals surface area (Å²) in [5.74, 6) is -0.582. The van der Waals surface area contributed by atoms with Crippen molar-refractivity contribution in [1.29, 1.82) is 0 Å². The van der Waals surface area contributed by atoms with E-state index in [4.69, 9.17) is 21.1 Å². The average Bonchev–Trinajstić information content (AvgIpc) is 3.14. The van der Waals surface area contributed by atoms with Gasteiger partial charge in [0.25, 0.3) is 5.91 Å². The number of benzene rings is 2. The maximum Gasteiger partial charge on any atom is 0.338 e.